The second-order valence-corrected chi connectivity index (χ2v) is 7.91. The van der Waals surface area contributed by atoms with Crippen molar-refractivity contribution >= 4 is 33.2 Å². The van der Waals surface area contributed by atoms with Crippen LogP contribution in [-0.4, -0.2) is 14.5 Å². The van der Waals surface area contributed by atoms with Gasteiger partial charge in [-0.15, -0.1) is 0 Å². The molecule has 1 aliphatic rings. The van der Waals surface area contributed by atoms with Crippen LogP contribution in [0.2, 0.25) is 10.0 Å². The lowest BCUT2D eigenvalue weighted by molar-refractivity contribution is 0.303. The fourth-order valence-electron chi connectivity index (χ4n) is 2.69. The molecular formula is C14H19Cl2NO2S. The summed E-state index contributed by atoms with van der Waals surface area (Å²) in [7, 11) is -3.54. The molecule has 0 radical (unpaired) electrons. The van der Waals surface area contributed by atoms with Gasteiger partial charge in [-0.05, 0) is 43.9 Å². The normalized spacial score (nSPS) is 18.9. The topological polar surface area (TPSA) is 46.2 Å². The third kappa shape index (κ3) is 3.88. The molecule has 112 valence electrons. The first-order valence-electron chi connectivity index (χ1n) is 6.87. The molecule has 1 aromatic rings. The van der Waals surface area contributed by atoms with Crippen molar-refractivity contribution in [2.45, 2.75) is 50.0 Å². The van der Waals surface area contributed by atoms with Crippen LogP contribution in [0.3, 0.4) is 0 Å². The third-order valence-corrected chi connectivity index (χ3v) is 6.19. The molecule has 1 saturated carbocycles. The highest BCUT2D eigenvalue weighted by Crippen LogP contribution is 2.28. The fraction of sp³-hybridized carbons (Fsp3) is 0.571. The highest BCUT2D eigenvalue weighted by Gasteiger charge is 2.25. The van der Waals surface area contributed by atoms with E-state index in [2.05, 4.69) is 4.72 Å². The molecule has 20 heavy (non-hydrogen) atoms. The van der Waals surface area contributed by atoms with E-state index in [4.69, 9.17) is 23.2 Å². The number of hydrogen-bond donors (Lipinski definition) is 1. The molecule has 0 aliphatic heterocycles. The van der Waals surface area contributed by atoms with Gasteiger partial charge in [0.2, 0.25) is 10.0 Å². The number of rotatable bonds is 4. The van der Waals surface area contributed by atoms with Crippen molar-refractivity contribution in [2.75, 3.05) is 0 Å². The number of hydrogen-bond acceptors (Lipinski definition) is 2. The smallest absolute Gasteiger partial charge is 0.208 e. The summed E-state index contributed by atoms with van der Waals surface area (Å²) < 4.78 is 27.4. The SMILES string of the molecule is CC(NS(=O)(=O)c1ccc(Cl)c(Cl)c1)C1CCCCC1. The van der Waals surface area contributed by atoms with Crippen LogP contribution in [0, 0.1) is 5.92 Å². The van der Waals surface area contributed by atoms with Crippen molar-refractivity contribution in [3.63, 3.8) is 0 Å². The highest BCUT2D eigenvalue weighted by atomic mass is 35.5. The lowest BCUT2D eigenvalue weighted by Gasteiger charge is -2.28. The quantitative estimate of drug-likeness (QED) is 0.894. The van der Waals surface area contributed by atoms with Gasteiger partial charge in [0.05, 0.1) is 14.9 Å². The minimum Gasteiger partial charge on any atom is -0.208 e. The van der Waals surface area contributed by atoms with E-state index in [0.29, 0.717) is 10.9 Å². The number of benzene rings is 1. The summed E-state index contributed by atoms with van der Waals surface area (Å²) in [6.07, 6.45) is 5.80. The van der Waals surface area contributed by atoms with E-state index in [-0.39, 0.29) is 16.0 Å². The first-order chi connectivity index (χ1) is 9.40. The Bertz CT molecular complexity index is 569. The molecule has 1 atom stereocenters. The standard InChI is InChI=1S/C14H19Cl2NO2S/c1-10(11-5-3-2-4-6-11)17-20(18,19)12-7-8-13(15)14(16)9-12/h7-11,17H,2-6H2,1H3. The summed E-state index contributed by atoms with van der Waals surface area (Å²) in [6.45, 7) is 1.94. The second kappa shape index (κ2) is 6.65. The van der Waals surface area contributed by atoms with Gasteiger partial charge in [0.1, 0.15) is 0 Å². The van der Waals surface area contributed by atoms with Crippen LogP contribution in [0.15, 0.2) is 23.1 Å². The zero-order chi connectivity index (χ0) is 14.8. The van der Waals surface area contributed by atoms with E-state index in [1.165, 1.54) is 37.5 Å². The fourth-order valence-corrected chi connectivity index (χ4v) is 4.39. The average Bonchev–Trinajstić information content (AvgIpc) is 2.42. The maximum Gasteiger partial charge on any atom is 0.240 e. The van der Waals surface area contributed by atoms with E-state index < -0.39 is 10.0 Å². The molecule has 1 N–H and O–H groups in total. The van der Waals surface area contributed by atoms with Crippen LogP contribution >= 0.6 is 23.2 Å². The number of sulfonamides is 1. The van der Waals surface area contributed by atoms with Crippen LogP contribution in [-0.2, 0) is 10.0 Å². The molecular weight excluding hydrogens is 317 g/mol. The van der Waals surface area contributed by atoms with Crippen molar-refractivity contribution in [2.24, 2.45) is 5.92 Å². The van der Waals surface area contributed by atoms with Crippen molar-refractivity contribution in [3.8, 4) is 0 Å². The Hall–Kier alpha value is -0.290. The maximum absolute atomic E-state index is 12.3. The van der Waals surface area contributed by atoms with Gasteiger partial charge in [0, 0.05) is 6.04 Å². The number of halogens is 2. The molecule has 1 unspecified atom stereocenters. The Morgan fingerprint density at radius 3 is 2.40 bits per heavy atom. The van der Waals surface area contributed by atoms with Gasteiger partial charge < -0.3 is 0 Å². The van der Waals surface area contributed by atoms with E-state index in [0.717, 1.165) is 12.8 Å². The van der Waals surface area contributed by atoms with Crippen LogP contribution in [0.5, 0.6) is 0 Å². The molecule has 0 heterocycles. The Balaban J connectivity index is 2.11. The first kappa shape index (κ1) is 16.1. The monoisotopic (exact) mass is 335 g/mol. The van der Waals surface area contributed by atoms with Gasteiger partial charge >= 0.3 is 0 Å². The summed E-state index contributed by atoms with van der Waals surface area (Å²) in [5, 5.41) is 0.603. The van der Waals surface area contributed by atoms with Crippen molar-refractivity contribution in [3.05, 3.63) is 28.2 Å². The lowest BCUT2D eigenvalue weighted by Crippen LogP contribution is -2.38. The predicted octanol–water partition coefficient (Wildman–Crippen LogP) is 4.24. The highest BCUT2D eigenvalue weighted by molar-refractivity contribution is 7.89. The van der Waals surface area contributed by atoms with Gasteiger partial charge in [0.25, 0.3) is 0 Å². The molecule has 1 aliphatic carbocycles. The molecule has 0 amide bonds. The first-order valence-corrected chi connectivity index (χ1v) is 9.11. The largest absolute Gasteiger partial charge is 0.240 e. The molecule has 0 spiro atoms. The molecule has 0 aromatic heterocycles. The van der Waals surface area contributed by atoms with Gasteiger partial charge in [-0.2, -0.15) is 0 Å². The van der Waals surface area contributed by atoms with Crippen LogP contribution < -0.4 is 4.72 Å². The summed E-state index contributed by atoms with van der Waals surface area (Å²) >= 11 is 11.7. The van der Waals surface area contributed by atoms with Crippen molar-refractivity contribution in [1.29, 1.82) is 0 Å². The zero-order valence-electron chi connectivity index (χ0n) is 11.4. The van der Waals surface area contributed by atoms with E-state index in [9.17, 15) is 8.42 Å². The summed E-state index contributed by atoms with van der Waals surface area (Å²) in [4.78, 5) is 0.162. The second-order valence-electron chi connectivity index (χ2n) is 5.38. The molecule has 3 nitrogen and oxygen atoms in total. The minimum atomic E-state index is -3.54. The Morgan fingerprint density at radius 1 is 1.15 bits per heavy atom. The van der Waals surface area contributed by atoms with Gasteiger partial charge in [-0.1, -0.05) is 42.5 Å². The molecule has 0 bridgehead atoms. The van der Waals surface area contributed by atoms with Gasteiger partial charge in [-0.3, -0.25) is 0 Å². The summed E-state index contributed by atoms with van der Waals surface area (Å²) in [5.41, 5.74) is 0. The van der Waals surface area contributed by atoms with Crippen molar-refractivity contribution in [1.82, 2.24) is 4.72 Å². The summed E-state index contributed by atoms with van der Waals surface area (Å²) in [5.74, 6) is 0.418. The molecule has 2 rings (SSSR count). The Kier molecular flexibility index (Phi) is 5.35. The Morgan fingerprint density at radius 2 is 1.80 bits per heavy atom. The minimum absolute atomic E-state index is 0.0604. The van der Waals surface area contributed by atoms with E-state index in [1.54, 1.807) is 0 Å². The molecule has 1 fully saturated rings. The maximum atomic E-state index is 12.3. The molecule has 0 saturated heterocycles. The Labute approximate surface area is 130 Å². The summed E-state index contributed by atoms with van der Waals surface area (Å²) in [6, 6.07) is 4.31. The zero-order valence-corrected chi connectivity index (χ0v) is 13.7. The molecule has 6 heteroatoms. The van der Waals surface area contributed by atoms with E-state index in [1.807, 2.05) is 6.92 Å². The van der Waals surface area contributed by atoms with E-state index >= 15 is 0 Å². The van der Waals surface area contributed by atoms with Gasteiger partial charge in [0.15, 0.2) is 0 Å². The van der Waals surface area contributed by atoms with Crippen molar-refractivity contribution < 1.29 is 8.42 Å². The predicted molar refractivity (Wildman–Crippen MR) is 82.8 cm³/mol. The van der Waals surface area contributed by atoms with Crippen LogP contribution in [0.4, 0.5) is 0 Å². The lowest BCUT2D eigenvalue weighted by atomic mass is 9.85. The van der Waals surface area contributed by atoms with Gasteiger partial charge in [-0.25, -0.2) is 13.1 Å². The number of nitrogens with one attached hydrogen (secondary N) is 1. The average molecular weight is 336 g/mol. The molecule has 1 aromatic carbocycles. The van der Waals surface area contributed by atoms with Crippen LogP contribution in [0.25, 0.3) is 0 Å². The van der Waals surface area contributed by atoms with Crippen LogP contribution in [0.1, 0.15) is 39.0 Å². The third-order valence-electron chi connectivity index (χ3n) is 3.90.